The Kier molecular flexibility index (Phi) is 6.81. The van der Waals surface area contributed by atoms with Crippen molar-refractivity contribution in [3.05, 3.63) is 66.0 Å². The maximum absolute atomic E-state index is 12.4. The van der Waals surface area contributed by atoms with E-state index in [0.717, 1.165) is 5.56 Å². The van der Waals surface area contributed by atoms with Crippen LogP contribution in [-0.4, -0.2) is 33.5 Å². The number of nitrogens with zero attached hydrogens (tertiary/aromatic N) is 2. The zero-order valence-corrected chi connectivity index (χ0v) is 19.0. The van der Waals surface area contributed by atoms with E-state index < -0.39 is 18.2 Å². The molecule has 1 aromatic carbocycles. The summed E-state index contributed by atoms with van der Waals surface area (Å²) >= 11 is 0. The van der Waals surface area contributed by atoms with Crippen LogP contribution in [0.3, 0.4) is 0 Å². The van der Waals surface area contributed by atoms with E-state index in [9.17, 15) is 23.1 Å². The first kappa shape index (κ1) is 24.3. The molecule has 1 aliphatic rings. The predicted molar refractivity (Wildman–Crippen MR) is 122 cm³/mol. The number of anilines is 1. The molecule has 2 atom stereocenters. The molecule has 10 heteroatoms. The number of ether oxygens (including phenoxy) is 2. The first-order chi connectivity index (χ1) is 16.6. The number of halogens is 3. The van der Waals surface area contributed by atoms with Crippen molar-refractivity contribution in [3.8, 4) is 22.8 Å². The minimum absolute atomic E-state index is 0.0730. The molecule has 2 N–H and O–H groups in total. The first-order valence-corrected chi connectivity index (χ1v) is 11.0. The van der Waals surface area contributed by atoms with E-state index in [-0.39, 0.29) is 24.3 Å². The Hall–Kier alpha value is -3.82. The second-order valence-corrected chi connectivity index (χ2v) is 8.51. The average Bonchev–Trinajstić information content (AvgIpc) is 3.58. The van der Waals surface area contributed by atoms with Crippen LogP contribution in [0.25, 0.3) is 11.3 Å². The largest absolute Gasteiger partial charge is 0.573 e. The van der Waals surface area contributed by atoms with Gasteiger partial charge in [-0.15, -0.1) is 13.2 Å². The Bertz CT molecular complexity index is 1200. The number of carboxylic acid groups (broad SMARTS) is 1. The molecule has 0 saturated heterocycles. The number of carbonyl (C=O) groups is 1. The topological polar surface area (TPSA) is 93.6 Å². The molecular weight excluding hydrogens is 463 g/mol. The molecule has 7 nitrogen and oxygen atoms in total. The van der Waals surface area contributed by atoms with Crippen molar-refractivity contribution in [3.63, 3.8) is 0 Å². The number of rotatable bonds is 9. The van der Waals surface area contributed by atoms with Crippen LogP contribution in [0, 0.1) is 5.92 Å². The molecule has 0 spiro atoms. The summed E-state index contributed by atoms with van der Waals surface area (Å²) in [6.45, 7) is 4.05. The maximum Gasteiger partial charge on any atom is 0.573 e. The number of aliphatic carboxylic acids is 1. The monoisotopic (exact) mass is 487 g/mol. The summed E-state index contributed by atoms with van der Waals surface area (Å²) in [5, 5.41) is 12.4. The van der Waals surface area contributed by atoms with Crippen molar-refractivity contribution in [2.24, 2.45) is 5.92 Å². The zero-order valence-electron chi connectivity index (χ0n) is 19.0. The summed E-state index contributed by atoms with van der Waals surface area (Å²) in [5.41, 5.74) is 2.61. The Morgan fingerprint density at radius 1 is 1.20 bits per heavy atom. The second-order valence-electron chi connectivity index (χ2n) is 8.51. The Morgan fingerprint density at radius 3 is 2.63 bits per heavy atom. The minimum atomic E-state index is -4.75. The molecule has 1 fully saturated rings. The molecule has 2 heterocycles. The van der Waals surface area contributed by atoms with Crippen LogP contribution in [0.5, 0.6) is 11.5 Å². The van der Waals surface area contributed by atoms with E-state index in [1.54, 1.807) is 30.5 Å². The van der Waals surface area contributed by atoms with Gasteiger partial charge in [-0.3, -0.25) is 4.79 Å². The SMILES string of the molecule is CC(C)Oc1ccc(-c2ccc(NCc3cccc(OC(F)(F)F)c3)nc2)nc1[C@H]1C[C@@H]1C(=O)O. The molecule has 0 aliphatic heterocycles. The van der Waals surface area contributed by atoms with Gasteiger partial charge < -0.3 is 19.9 Å². The lowest BCUT2D eigenvalue weighted by Crippen LogP contribution is -2.17. The van der Waals surface area contributed by atoms with Crippen LogP contribution in [0.4, 0.5) is 19.0 Å². The van der Waals surface area contributed by atoms with Crippen LogP contribution in [0.1, 0.15) is 37.4 Å². The van der Waals surface area contributed by atoms with Crippen LogP contribution >= 0.6 is 0 Å². The standard InChI is InChI=1S/C25H24F3N3O4/c1-14(2)34-21-8-7-20(31-23(21)18-11-19(18)24(32)33)16-6-9-22(30-13-16)29-12-15-4-3-5-17(10-15)35-25(26,27)28/h3-10,13-14,18-19H,11-12H2,1-2H3,(H,29,30)(H,32,33)/t18-,19-/m0/s1. The predicted octanol–water partition coefficient (Wildman–Crippen LogP) is 5.63. The number of benzene rings is 1. The molecule has 0 amide bonds. The lowest BCUT2D eigenvalue weighted by Gasteiger charge is -2.15. The van der Waals surface area contributed by atoms with E-state index >= 15 is 0 Å². The number of alkyl halides is 3. The maximum atomic E-state index is 12.4. The highest BCUT2D eigenvalue weighted by Gasteiger charge is 2.47. The molecule has 0 unspecified atom stereocenters. The number of hydrogen-bond donors (Lipinski definition) is 2. The third-order valence-corrected chi connectivity index (χ3v) is 5.37. The Labute approximate surface area is 199 Å². The van der Waals surface area contributed by atoms with Crippen LogP contribution in [0.15, 0.2) is 54.7 Å². The normalized spacial score (nSPS) is 17.2. The van der Waals surface area contributed by atoms with Crippen molar-refractivity contribution in [2.75, 3.05) is 5.32 Å². The summed E-state index contributed by atoms with van der Waals surface area (Å²) < 4.78 is 47.0. The molecule has 0 bridgehead atoms. The van der Waals surface area contributed by atoms with Crippen molar-refractivity contribution in [1.29, 1.82) is 0 Å². The molecule has 3 aromatic rings. The van der Waals surface area contributed by atoms with Gasteiger partial charge in [-0.2, -0.15) is 0 Å². The summed E-state index contributed by atoms with van der Waals surface area (Å²) in [4.78, 5) is 20.4. The zero-order chi connectivity index (χ0) is 25.2. The van der Waals surface area contributed by atoms with Crippen LogP contribution in [-0.2, 0) is 11.3 Å². The summed E-state index contributed by atoms with van der Waals surface area (Å²) in [6, 6.07) is 12.9. The van der Waals surface area contributed by atoms with E-state index in [0.29, 0.717) is 34.9 Å². The molecule has 1 aliphatic carbocycles. The lowest BCUT2D eigenvalue weighted by atomic mass is 10.1. The highest BCUT2D eigenvalue weighted by molar-refractivity contribution is 5.75. The van der Waals surface area contributed by atoms with Crippen molar-refractivity contribution >= 4 is 11.8 Å². The van der Waals surface area contributed by atoms with Gasteiger partial charge in [-0.05, 0) is 62.2 Å². The highest BCUT2D eigenvalue weighted by atomic mass is 19.4. The highest BCUT2D eigenvalue weighted by Crippen LogP contribution is 2.50. The lowest BCUT2D eigenvalue weighted by molar-refractivity contribution is -0.274. The molecule has 2 aromatic heterocycles. The van der Waals surface area contributed by atoms with E-state index in [1.807, 2.05) is 19.9 Å². The fourth-order valence-electron chi connectivity index (χ4n) is 3.71. The fraction of sp³-hybridized carbons (Fsp3) is 0.320. The van der Waals surface area contributed by atoms with E-state index in [2.05, 4.69) is 15.0 Å². The first-order valence-electron chi connectivity index (χ1n) is 11.0. The number of carboxylic acids is 1. The number of pyridine rings is 2. The molecule has 0 radical (unpaired) electrons. The number of aromatic nitrogens is 2. The second kappa shape index (κ2) is 9.81. The summed E-state index contributed by atoms with van der Waals surface area (Å²) in [6.07, 6.45) is -2.67. The summed E-state index contributed by atoms with van der Waals surface area (Å²) in [5.74, 6) is -0.661. The minimum Gasteiger partial charge on any atom is -0.489 e. The van der Waals surface area contributed by atoms with Gasteiger partial charge in [0, 0.05) is 24.2 Å². The van der Waals surface area contributed by atoms with Gasteiger partial charge in [0.15, 0.2) is 0 Å². The third kappa shape index (κ3) is 6.40. The van der Waals surface area contributed by atoms with Gasteiger partial charge >= 0.3 is 12.3 Å². The fourth-order valence-corrected chi connectivity index (χ4v) is 3.71. The third-order valence-electron chi connectivity index (χ3n) is 5.37. The van der Waals surface area contributed by atoms with Crippen LogP contribution < -0.4 is 14.8 Å². The molecule has 184 valence electrons. The van der Waals surface area contributed by atoms with Crippen LogP contribution in [0.2, 0.25) is 0 Å². The molecule has 35 heavy (non-hydrogen) atoms. The molecule has 4 rings (SSSR count). The van der Waals surface area contributed by atoms with Crippen molar-refractivity contribution in [2.45, 2.75) is 45.2 Å². The van der Waals surface area contributed by atoms with Gasteiger partial charge in [-0.1, -0.05) is 12.1 Å². The smallest absolute Gasteiger partial charge is 0.489 e. The van der Waals surface area contributed by atoms with Gasteiger partial charge in [0.2, 0.25) is 0 Å². The summed E-state index contributed by atoms with van der Waals surface area (Å²) in [7, 11) is 0. The van der Waals surface area contributed by atoms with E-state index in [1.165, 1.54) is 18.2 Å². The molecular formula is C25H24F3N3O4. The van der Waals surface area contributed by atoms with Gasteiger partial charge in [0.05, 0.1) is 23.4 Å². The average molecular weight is 487 g/mol. The van der Waals surface area contributed by atoms with Crippen molar-refractivity contribution in [1.82, 2.24) is 9.97 Å². The quantitative estimate of drug-likeness (QED) is 0.404. The van der Waals surface area contributed by atoms with Gasteiger partial charge in [0.25, 0.3) is 0 Å². The van der Waals surface area contributed by atoms with Gasteiger partial charge in [-0.25, -0.2) is 9.97 Å². The molecule has 1 saturated carbocycles. The Morgan fingerprint density at radius 2 is 2.00 bits per heavy atom. The number of hydrogen-bond acceptors (Lipinski definition) is 6. The van der Waals surface area contributed by atoms with Crippen molar-refractivity contribution < 1.29 is 32.5 Å². The van der Waals surface area contributed by atoms with E-state index in [4.69, 9.17) is 9.72 Å². The van der Waals surface area contributed by atoms with Gasteiger partial charge in [0.1, 0.15) is 17.3 Å². The Balaban J connectivity index is 1.46. The number of nitrogens with one attached hydrogen (secondary N) is 1.